The molecule has 0 N–H and O–H groups in total. The van der Waals surface area contributed by atoms with Gasteiger partial charge in [0.05, 0.1) is 12.7 Å². The van der Waals surface area contributed by atoms with Gasteiger partial charge in [0.2, 0.25) is 0 Å². The van der Waals surface area contributed by atoms with Crippen LogP contribution in [0.2, 0.25) is 0 Å². The molecule has 5 heteroatoms. The van der Waals surface area contributed by atoms with E-state index in [4.69, 9.17) is 4.74 Å². The van der Waals surface area contributed by atoms with E-state index in [-0.39, 0.29) is 0 Å². The zero-order chi connectivity index (χ0) is 15.0. The molecule has 0 amide bonds. The van der Waals surface area contributed by atoms with E-state index in [0.29, 0.717) is 16.2 Å². The first-order chi connectivity index (χ1) is 9.97. The van der Waals surface area contributed by atoms with Crippen molar-refractivity contribution in [3.8, 4) is 5.75 Å². The van der Waals surface area contributed by atoms with Gasteiger partial charge in [-0.2, -0.15) is 24.9 Å². The van der Waals surface area contributed by atoms with Gasteiger partial charge in [0.1, 0.15) is 5.75 Å². The molecule has 1 saturated heterocycles. The lowest BCUT2D eigenvalue weighted by Gasteiger charge is -2.33. The van der Waals surface area contributed by atoms with Crippen LogP contribution in [0.1, 0.15) is 36.8 Å². The number of ether oxygens (including phenoxy) is 1. The van der Waals surface area contributed by atoms with Crippen molar-refractivity contribution in [3.63, 3.8) is 0 Å². The SMILES string of the molecule is COc1cc(C(F)(F)F)ccc1C1=CC2CCCC(C1)S2. The highest BCUT2D eigenvalue weighted by molar-refractivity contribution is 8.00. The minimum absolute atomic E-state index is 0.320. The molecule has 2 aliphatic rings. The predicted molar refractivity (Wildman–Crippen MR) is 79.6 cm³/mol. The molecule has 2 atom stereocenters. The second-order valence-electron chi connectivity index (χ2n) is 5.54. The zero-order valence-electron chi connectivity index (χ0n) is 11.7. The Morgan fingerprint density at radius 1 is 1.24 bits per heavy atom. The summed E-state index contributed by atoms with van der Waals surface area (Å²) < 4.78 is 43.6. The molecule has 1 aromatic rings. The van der Waals surface area contributed by atoms with Crippen LogP contribution in [0.5, 0.6) is 5.75 Å². The quantitative estimate of drug-likeness (QED) is 0.746. The molecular weight excluding hydrogens is 297 g/mol. The molecule has 0 spiro atoms. The van der Waals surface area contributed by atoms with Crippen molar-refractivity contribution < 1.29 is 17.9 Å². The topological polar surface area (TPSA) is 9.23 Å². The third kappa shape index (κ3) is 3.07. The molecular formula is C16H17F3OS. The fraction of sp³-hybridized carbons (Fsp3) is 0.500. The van der Waals surface area contributed by atoms with Crippen LogP contribution in [0.4, 0.5) is 13.2 Å². The molecule has 1 nitrogen and oxygen atoms in total. The number of methoxy groups -OCH3 is 1. The van der Waals surface area contributed by atoms with Gasteiger partial charge in [-0.1, -0.05) is 18.6 Å². The van der Waals surface area contributed by atoms with Gasteiger partial charge in [0, 0.05) is 16.1 Å². The maximum atomic E-state index is 12.8. The highest BCUT2D eigenvalue weighted by atomic mass is 32.2. The van der Waals surface area contributed by atoms with E-state index in [1.54, 1.807) is 6.07 Å². The fourth-order valence-corrected chi connectivity index (χ4v) is 4.69. The van der Waals surface area contributed by atoms with Gasteiger partial charge < -0.3 is 4.74 Å². The van der Waals surface area contributed by atoms with Crippen molar-refractivity contribution >= 4 is 17.3 Å². The number of alkyl halides is 3. The Bertz CT molecular complexity index is 565. The smallest absolute Gasteiger partial charge is 0.416 e. The van der Waals surface area contributed by atoms with Gasteiger partial charge in [-0.05, 0) is 37.0 Å². The fourth-order valence-electron chi connectivity index (χ4n) is 3.07. The first-order valence-electron chi connectivity index (χ1n) is 7.09. The Morgan fingerprint density at radius 2 is 2.05 bits per heavy atom. The third-order valence-electron chi connectivity index (χ3n) is 4.09. The Labute approximate surface area is 126 Å². The molecule has 0 aliphatic carbocycles. The minimum atomic E-state index is -4.33. The van der Waals surface area contributed by atoms with Crippen molar-refractivity contribution in [1.82, 2.24) is 0 Å². The lowest BCUT2D eigenvalue weighted by molar-refractivity contribution is -0.137. The van der Waals surface area contributed by atoms with Gasteiger partial charge >= 0.3 is 6.18 Å². The van der Waals surface area contributed by atoms with Crippen LogP contribution in [0.15, 0.2) is 24.3 Å². The first-order valence-corrected chi connectivity index (χ1v) is 8.03. The summed E-state index contributed by atoms with van der Waals surface area (Å²) in [4.78, 5) is 0. The Morgan fingerprint density at radius 3 is 2.71 bits per heavy atom. The van der Waals surface area contributed by atoms with Crippen LogP contribution in [0.3, 0.4) is 0 Å². The second-order valence-corrected chi connectivity index (χ2v) is 7.08. The van der Waals surface area contributed by atoms with Crippen LogP contribution < -0.4 is 4.74 Å². The lowest BCUT2D eigenvalue weighted by atomic mass is 9.92. The molecule has 2 heterocycles. The maximum Gasteiger partial charge on any atom is 0.416 e. The molecule has 114 valence electrons. The summed E-state index contributed by atoms with van der Waals surface area (Å²) in [5, 5.41) is 1.09. The summed E-state index contributed by atoms with van der Waals surface area (Å²) >= 11 is 2.00. The van der Waals surface area contributed by atoms with E-state index in [0.717, 1.165) is 36.1 Å². The molecule has 0 aromatic heterocycles. The van der Waals surface area contributed by atoms with Crippen LogP contribution in [-0.4, -0.2) is 17.6 Å². The number of rotatable bonds is 2. The summed E-state index contributed by atoms with van der Waals surface area (Å²) in [5.74, 6) is 0.320. The van der Waals surface area contributed by atoms with Gasteiger partial charge in [0.25, 0.3) is 0 Å². The van der Waals surface area contributed by atoms with E-state index >= 15 is 0 Å². The molecule has 1 fully saturated rings. The number of hydrogen-bond donors (Lipinski definition) is 0. The van der Waals surface area contributed by atoms with Crippen molar-refractivity contribution in [2.45, 2.75) is 42.4 Å². The molecule has 0 radical (unpaired) electrons. The molecule has 2 bridgehead atoms. The number of fused-ring (bicyclic) bond motifs is 2. The van der Waals surface area contributed by atoms with Crippen molar-refractivity contribution in [2.75, 3.05) is 7.11 Å². The average Bonchev–Trinajstić information content (AvgIpc) is 2.45. The molecule has 2 aliphatic heterocycles. The summed E-state index contributed by atoms with van der Waals surface area (Å²) in [7, 11) is 1.43. The number of thioether (sulfide) groups is 1. The van der Waals surface area contributed by atoms with Crippen molar-refractivity contribution in [2.24, 2.45) is 0 Å². The van der Waals surface area contributed by atoms with Crippen LogP contribution in [0, 0.1) is 0 Å². The normalized spacial score (nSPS) is 25.4. The van der Waals surface area contributed by atoms with E-state index in [2.05, 4.69) is 6.08 Å². The highest BCUT2D eigenvalue weighted by Crippen LogP contribution is 2.45. The van der Waals surface area contributed by atoms with E-state index in [1.165, 1.54) is 20.0 Å². The Hall–Kier alpha value is -1.10. The van der Waals surface area contributed by atoms with Crippen LogP contribution in [0.25, 0.3) is 5.57 Å². The van der Waals surface area contributed by atoms with Gasteiger partial charge in [-0.3, -0.25) is 0 Å². The number of hydrogen-bond acceptors (Lipinski definition) is 2. The van der Waals surface area contributed by atoms with Crippen molar-refractivity contribution in [1.29, 1.82) is 0 Å². The minimum Gasteiger partial charge on any atom is -0.496 e. The molecule has 0 saturated carbocycles. The summed E-state index contributed by atoms with van der Waals surface area (Å²) in [6.07, 6.45) is 2.40. The number of allylic oxidation sites excluding steroid dienone is 1. The van der Waals surface area contributed by atoms with Gasteiger partial charge in [0.15, 0.2) is 0 Å². The Balaban J connectivity index is 1.97. The summed E-state index contributed by atoms with van der Waals surface area (Å²) in [5.41, 5.74) is 1.28. The predicted octanol–water partition coefficient (Wildman–Crippen LogP) is 5.16. The van der Waals surface area contributed by atoms with E-state index < -0.39 is 11.7 Å². The standard InChI is InChI=1S/C16H17F3OS/c1-20-15-9-11(16(17,18)19)5-6-14(15)10-7-12-3-2-4-13(8-10)21-12/h5-7,9,12-13H,2-4,8H2,1H3. The zero-order valence-corrected chi connectivity index (χ0v) is 12.6. The monoisotopic (exact) mass is 314 g/mol. The highest BCUT2D eigenvalue weighted by Gasteiger charge is 2.33. The maximum absolute atomic E-state index is 12.8. The van der Waals surface area contributed by atoms with Crippen LogP contribution in [-0.2, 0) is 6.18 Å². The molecule has 21 heavy (non-hydrogen) atoms. The van der Waals surface area contributed by atoms with E-state index in [9.17, 15) is 13.2 Å². The average molecular weight is 314 g/mol. The van der Waals surface area contributed by atoms with Crippen LogP contribution >= 0.6 is 11.8 Å². The second kappa shape index (κ2) is 5.59. The van der Waals surface area contributed by atoms with Gasteiger partial charge in [-0.15, -0.1) is 0 Å². The van der Waals surface area contributed by atoms with Gasteiger partial charge in [-0.25, -0.2) is 0 Å². The lowest BCUT2D eigenvalue weighted by Crippen LogP contribution is -2.21. The molecule has 2 unspecified atom stereocenters. The van der Waals surface area contributed by atoms with E-state index in [1.807, 2.05) is 11.8 Å². The molecule has 3 rings (SSSR count). The first kappa shape index (κ1) is 14.8. The third-order valence-corrected chi connectivity index (χ3v) is 5.60. The van der Waals surface area contributed by atoms with Crippen molar-refractivity contribution in [3.05, 3.63) is 35.4 Å². The molecule has 1 aromatic carbocycles. The Kier molecular flexibility index (Phi) is 3.95. The number of benzene rings is 1. The number of halogens is 3. The summed E-state index contributed by atoms with van der Waals surface area (Å²) in [6, 6.07) is 3.81. The largest absolute Gasteiger partial charge is 0.496 e. The summed E-state index contributed by atoms with van der Waals surface area (Å²) in [6.45, 7) is 0.